The average molecular weight is 355 g/mol. The van der Waals surface area contributed by atoms with Gasteiger partial charge in [-0.1, -0.05) is 13.0 Å². The molecule has 1 atom stereocenters. The second-order valence-electron chi connectivity index (χ2n) is 4.86. The third-order valence-electron chi connectivity index (χ3n) is 3.22. The van der Waals surface area contributed by atoms with Gasteiger partial charge in [0.25, 0.3) is 5.22 Å². The lowest BCUT2D eigenvalue weighted by atomic mass is 10.1. The Kier molecular flexibility index (Phi) is 5.29. The fourth-order valence-electron chi connectivity index (χ4n) is 1.78. The average Bonchev–Trinajstić information content (AvgIpc) is 2.71. The van der Waals surface area contributed by atoms with Crippen LogP contribution in [0.1, 0.15) is 30.4 Å². The molecule has 0 saturated heterocycles. The van der Waals surface area contributed by atoms with Gasteiger partial charge in [-0.2, -0.15) is 0 Å². The fourth-order valence-corrected chi connectivity index (χ4v) is 3.28. The van der Waals surface area contributed by atoms with E-state index >= 15 is 0 Å². The molecule has 1 aromatic carbocycles. The molecule has 0 aliphatic rings. The number of rotatable bonds is 5. The molecule has 3 nitrogen and oxygen atoms in total. The summed E-state index contributed by atoms with van der Waals surface area (Å²) in [7, 11) is 0. The Labute approximate surface area is 132 Å². The van der Waals surface area contributed by atoms with Crippen LogP contribution >= 0.6 is 27.7 Å². The minimum absolute atomic E-state index is 0.220. The van der Waals surface area contributed by atoms with Crippen LogP contribution < -0.4 is 5.73 Å². The first-order valence-corrected chi connectivity index (χ1v) is 8.26. The molecule has 0 aliphatic heterocycles. The summed E-state index contributed by atoms with van der Waals surface area (Å²) in [5.41, 5.74) is 8.18. The third-order valence-corrected chi connectivity index (χ3v) is 5.07. The molecule has 0 aliphatic carbocycles. The maximum Gasteiger partial charge on any atom is 0.261 e. The maximum atomic E-state index is 5.99. The van der Waals surface area contributed by atoms with Gasteiger partial charge in [-0.05, 0) is 72.1 Å². The molecule has 108 valence electrons. The number of aryl methyl sites for hydroxylation is 2. The van der Waals surface area contributed by atoms with Gasteiger partial charge < -0.3 is 10.2 Å². The molecule has 0 radical (unpaired) electrons. The topological polar surface area (TPSA) is 52.0 Å². The molecular weight excluding hydrogens is 336 g/mol. The van der Waals surface area contributed by atoms with Crippen LogP contribution in [0.4, 0.5) is 0 Å². The SMILES string of the molecule is CCC(N)Cc1ccc(Sc2nc(C)c(C)o2)c(Br)c1. The van der Waals surface area contributed by atoms with Crippen LogP contribution in [0.3, 0.4) is 0 Å². The van der Waals surface area contributed by atoms with Crippen molar-refractivity contribution >= 4 is 27.7 Å². The summed E-state index contributed by atoms with van der Waals surface area (Å²) in [5, 5.41) is 0.679. The molecule has 1 heterocycles. The van der Waals surface area contributed by atoms with E-state index in [9.17, 15) is 0 Å². The van der Waals surface area contributed by atoms with Crippen molar-refractivity contribution in [3.8, 4) is 0 Å². The Morgan fingerprint density at radius 1 is 1.40 bits per heavy atom. The van der Waals surface area contributed by atoms with Crippen molar-refractivity contribution in [1.29, 1.82) is 0 Å². The van der Waals surface area contributed by atoms with Crippen LogP contribution in [-0.2, 0) is 6.42 Å². The second-order valence-corrected chi connectivity index (χ2v) is 6.71. The summed E-state index contributed by atoms with van der Waals surface area (Å²) < 4.78 is 6.65. The summed E-state index contributed by atoms with van der Waals surface area (Å²) in [4.78, 5) is 5.48. The highest BCUT2D eigenvalue weighted by molar-refractivity contribution is 9.10. The standard InChI is InChI=1S/C15H19BrN2OS/c1-4-12(17)7-11-5-6-14(13(16)8-11)20-15-18-9(2)10(3)19-15/h5-6,8,12H,4,7,17H2,1-3H3. The summed E-state index contributed by atoms with van der Waals surface area (Å²) >= 11 is 5.14. The maximum absolute atomic E-state index is 5.99. The summed E-state index contributed by atoms with van der Waals surface area (Å²) in [6.45, 7) is 5.99. The third kappa shape index (κ3) is 3.87. The second kappa shape index (κ2) is 6.78. The van der Waals surface area contributed by atoms with E-state index < -0.39 is 0 Å². The lowest BCUT2D eigenvalue weighted by Crippen LogP contribution is -2.21. The summed E-state index contributed by atoms with van der Waals surface area (Å²) in [6.07, 6.45) is 1.89. The van der Waals surface area contributed by atoms with Gasteiger partial charge in [0.1, 0.15) is 5.76 Å². The Morgan fingerprint density at radius 3 is 2.70 bits per heavy atom. The van der Waals surface area contributed by atoms with Gasteiger partial charge in [-0.3, -0.25) is 0 Å². The van der Waals surface area contributed by atoms with Crippen molar-refractivity contribution in [2.24, 2.45) is 5.73 Å². The monoisotopic (exact) mass is 354 g/mol. The largest absolute Gasteiger partial charge is 0.436 e. The van der Waals surface area contributed by atoms with Crippen LogP contribution in [0.5, 0.6) is 0 Å². The molecule has 20 heavy (non-hydrogen) atoms. The van der Waals surface area contributed by atoms with Crippen LogP contribution in [0.2, 0.25) is 0 Å². The molecule has 0 fully saturated rings. The highest BCUT2D eigenvalue weighted by Gasteiger charge is 2.11. The molecule has 1 aromatic heterocycles. The van der Waals surface area contributed by atoms with Crippen LogP contribution in [-0.4, -0.2) is 11.0 Å². The summed E-state index contributed by atoms with van der Waals surface area (Å²) in [5.74, 6) is 0.870. The Morgan fingerprint density at radius 2 is 2.15 bits per heavy atom. The molecule has 2 aromatic rings. The van der Waals surface area contributed by atoms with Gasteiger partial charge in [0.2, 0.25) is 0 Å². The van der Waals surface area contributed by atoms with Crippen molar-refractivity contribution < 1.29 is 4.42 Å². The number of oxazole rings is 1. The predicted octanol–water partition coefficient (Wildman–Crippen LogP) is 4.48. The van der Waals surface area contributed by atoms with E-state index in [0.717, 1.165) is 33.7 Å². The zero-order chi connectivity index (χ0) is 14.7. The van der Waals surface area contributed by atoms with E-state index in [1.54, 1.807) is 0 Å². The molecule has 1 unspecified atom stereocenters. The smallest absolute Gasteiger partial charge is 0.261 e. The number of hydrogen-bond acceptors (Lipinski definition) is 4. The first-order valence-electron chi connectivity index (χ1n) is 6.65. The van der Waals surface area contributed by atoms with Crippen molar-refractivity contribution in [2.75, 3.05) is 0 Å². The number of nitrogens with two attached hydrogens (primary N) is 1. The predicted molar refractivity (Wildman–Crippen MR) is 86.2 cm³/mol. The first-order chi connectivity index (χ1) is 9.49. The molecule has 2 rings (SSSR count). The van der Waals surface area contributed by atoms with E-state index in [1.807, 2.05) is 13.8 Å². The molecule has 0 bridgehead atoms. The van der Waals surface area contributed by atoms with E-state index in [2.05, 4.69) is 46.0 Å². The fraction of sp³-hybridized carbons (Fsp3) is 0.400. The molecule has 2 N–H and O–H groups in total. The molecule has 0 spiro atoms. The van der Waals surface area contributed by atoms with Gasteiger partial charge in [0.05, 0.1) is 5.69 Å². The van der Waals surface area contributed by atoms with Crippen LogP contribution in [0.15, 0.2) is 37.2 Å². The minimum Gasteiger partial charge on any atom is -0.436 e. The number of benzene rings is 1. The highest BCUT2D eigenvalue weighted by Crippen LogP contribution is 2.34. The van der Waals surface area contributed by atoms with E-state index in [4.69, 9.17) is 10.2 Å². The number of nitrogens with zero attached hydrogens (tertiary/aromatic N) is 1. The van der Waals surface area contributed by atoms with Crippen molar-refractivity contribution in [3.05, 3.63) is 39.7 Å². The molecule has 5 heteroatoms. The number of hydrogen-bond donors (Lipinski definition) is 1. The van der Waals surface area contributed by atoms with Gasteiger partial charge in [0.15, 0.2) is 0 Å². The first kappa shape index (κ1) is 15.6. The Hall–Kier alpha value is -0.780. The van der Waals surface area contributed by atoms with Crippen molar-refractivity contribution in [3.63, 3.8) is 0 Å². The lowest BCUT2D eigenvalue weighted by molar-refractivity contribution is 0.431. The zero-order valence-corrected chi connectivity index (χ0v) is 14.3. The van der Waals surface area contributed by atoms with Gasteiger partial charge >= 0.3 is 0 Å². The zero-order valence-electron chi connectivity index (χ0n) is 11.9. The van der Waals surface area contributed by atoms with E-state index in [-0.39, 0.29) is 6.04 Å². The Bertz CT molecular complexity index is 578. The Balaban J connectivity index is 2.13. The highest BCUT2D eigenvalue weighted by atomic mass is 79.9. The van der Waals surface area contributed by atoms with Crippen molar-refractivity contribution in [1.82, 2.24) is 4.98 Å². The minimum atomic E-state index is 0.220. The normalized spacial score (nSPS) is 12.7. The summed E-state index contributed by atoms with van der Waals surface area (Å²) in [6, 6.07) is 6.55. The quantitative estimate of drug-likeness (QED) is 0.859. The molecule has 0 amide bonds. The van der Waals surface area contributed by atoms with Crippen molar-refractivity contribution in [2.45, 2.75) is 49.8 Å². The van der Waals surface area contributed by atoms with Crippen LogP contribution in [0.25, 0.3) is 0 Å². The molecular formula is C15H19BrN2OS. The van der Waals surface area contributed by atoms with E-state index in [1.165, 1.54) is 17.3 Å². The van der Waals surface area contributed by atoms with Gasteiger partial charge in [-0.25, -0.2) is 4.98 Å². The van der Waals surface area contributed by atoms with E-state index in [0.29, 0.717) is 5.22 Å². The molecule has 0 saturated carbocycles. The van der Waals surface area contributed by atoms with Gasteiger partial charge in [0, 0.05) is 15.4 Å². The van der Waals surface area contributed by atoms with Crippen LogP contribution in [0, 0.1) is 13.8 Å². The lowest BCUT2D eigenvalue weighted by Gasteiger charge is -2.10. The number of halogens is 1. The number of aromatic nitrogens is 1. The van der Waals surface area contributed by atoms with Gasteiger partial charge in [-0.15, -0.1) is 0 Å².